The van der Waals surface area contributed by atoms with Crippen LogP contribution < -0.4 is 10.2 Å². The predicted octanol–water partition coefficient (Wildman–Crippen LogP) is 3.00. The molecule has 0 unspecified atom stereocenters. The number of aromatic hydroxyl groups is 1. The Labute approximate surface area is 169 Å². The average Bonchev–Trinajstić information content (AvgIpc) is 3.22. The molecule has 0 radical (unpaired) electrons. The number of rotatable bonds is 4. The van der Waals surface area contributed by atoms with E-state index in [1.54, 1.807) is 45.4 Å². The number of thiazole rings is 1. The molecule has 0 fully saturated rings. The normalized spacial score (nSPS) is 13.5. The van der Waals surface area contributed by atoms with Crippen LogP contribution in [0.2, 0.25) is 5.02 Å². The summed E-state index contributed by atoms with van der Waals surface area (Å²) in [5, 5.41) is 13.3. The number of carbonyl (C=O) groups excluding carboxylic acids is 1. The highest BCUT2D eigenvalue weighted by Crippen LogP contribution is 2.29. The van der Waals surface area contributed by atoms with Gasteiger partial charge in [-0.15, -0.1) is 11.3 Å². The molecule has 0 bridgehead atoms. The van der Waals surface area contributed by atoms with Crippen LogP contribution in [-0.2, 0) is 13.1 Å². The zero-order chi connectivity index (χ0) is 19.8. The molecule has 1 N–H and O–H groups in total. The number of fused-ring (bicyclic) bond motifs is 1. The molecule has 4 rings (SSSR count). The quantitative estimate of drug-likeness (QED) is 0.705. The molecule has 3 aromatic rings. The Kier molecular flexibility index (Phi) is 4.82. The second kappa shape index (κ2) is 7.29. The Morgan fingerprint density at radius 1 is 1.32 bits per heavy atom. The van der Waals surface area contributed by atoms with E-state index >= 15 is 0 Å². The number of ether oxygens (including phenoxy) is 1. The van der Waals surface area contributed by atoms with Gasteiger partial charge in [-0.25, -0.2) is 4.98 Å². The molecule has 1 amide bonds. The van der Waals surface area contributed by atoms with Crippen LogP contribution in [0.5, 0.6) is 11.5 Å². The maximum absolute atomic E-state index is 13.0. The number of halogens is 1. The van der Waals surface area contributed by atoms with E-state index in [-0.39, 0.29) is 17.8 Å². The van der Waals surface area contributed by atoms with Crippen molar-refractivity contribution in [1.82, 2.24) is 14.5 Å². The van der Waals surface area contributed by atoms with Gasteiger partial charge < -0.3 is 19.3 Å². The number of nitrogens with zero attached hydrogens (tertiary/aromatic N) is 3. The molecular formula is C19H16ClN3O4S. The van der Waals surface area contributed by atoms with Gasteiger partial charge in [-0.3, -0.25) is 9.59 Å². The fraction of sp³-hybridized carbons (Fsp3) is 0.211. The van der Waals surface area contributed by atoms with Crippen LogP contribution in [0.4, 0.5) is 0 Å². The number of methoxy groups -OCH3 is 1. The van der Waals surface area contributed by atoms with E-state index in [1.165, 1.54) is 18.4 Å². The zero-order valence-electron chi connectivity index (χ0n) is 14.9. The molecule has 28 heavy (non-hydrogen) atoms. The molecule has 2 aromatic heterocycles. The Bertz CT molecular complexity index is 1110. The minimum Gasteiger partial charge on any atom is -0.503 e. The van der Waals surface area contributed by atoms with Crippen molar-refractivity contribution in [3.8, 4) is 22.1 Å². The van der Waals surface area contributed by atoms with E-state index in [1.807, 2.05) is 0 Å². The monoisotopic (exact) mass is 417 g/mol. The van der Waals surface area contributed by atoms with Gasteiger partial charge in [-0.2, -0.15) is 0 Å². The Morgan fingerprint density at radius 2 is 2.14 bits per heavy atom. The average molecular weight is 418 g/mol. The molecule has 0 saturated carbocycles. The first-order chi connectivity index (χ1) is 13.5. The number of amides is 1. The summed E-state index contributed by atoms with van der Waals surface area (Å²) in [5.74, 6) is -0.388. The first kappa shape index (κ1) is 18.5. The van der Waals surface area contributed by atoms with Crippen LogP contribution >= 0.6 is 22.9 Å². The lowest BCUT2D eigenvalue weighted by atomic mass is 10.1. The van der Waals surface area contributed by atoms with Crippen molar-refractivity contribution in [2.75, 3.05) is 13.7 Å². The van der Waals surface area contributed by atoms with E-state index in [0.29, 0.717) is 28.9 Å². The zero-order valence-corrected chi connectivity index (χ0v) is 16.5. The van der Waals surface area contributed by atoms with Gasteiger partial charge in [0.05, 0.1) is 12.7 Å². The lowest BCUT2D eigenvalue weighted by Gasteiger charge is -2.31. The summed E-state index contributed by atoms with van der Waals surface area (Å²) in [6.07, 6.45) is 3.18. The maximum Gasteiger partial charge on any atom is 0.274 e. The maximum atomic E-state index is 13.0. The van der Waals surface area contributed by atoms with E-state index in [0.717, 1.165) is 5.56 Å². The predicted molar refractivity (Wildman–Crippen MR) is 106 cm³/mol. The second-order valence-electron chi connectivity index (χ2n) is 6.28. The van der Waals surface area contributed by atoms with Gasteiger partial charge >= 0.3 is 0 Å². The molecule has 7 nitrogen and oxygen atoms in total. The highest BCUT2D eigenvalue weighted by molar-refractivity contribution is 7.13. The van der Waals surface area contributed by atoms with Crippen molar-refractivity contribution < 1.29 is 14.6 Å². The van der Waals surface area contributed by atoms with Crippen molar-refractivity contribution in [2.24, 2.45) is 0 Å². The van der Waals surface area contributed by atoms with E-state index < -0.39 is 17.1 Å². The summed E-state index contributed by atoms with van der Waals surface area (Å²) in [6, 6.07) is 5.20. The molecule has 1 aliphatic heterocycles. The Morgan fingerprint density at radius 3 is 2.86 bits per heavy atom. The van der Waals surface area contributed by atoms with Gasteiger partial charge in [0.2, 0.25) is 5.43 Å². The fourth-order valence-electron chi connectivity index (χ4n) is 3.24. The smallest absolute Gasteiger partial charge is 0.274 e. The molecule has 9 heteroatoms. The van der Waals surface area contributed by atoms with Gasteiger partial charge in [0.15, 0.2) is 11.4 Å². The lowest BCUT2D eigenvalue weighted by Crippen LogP contribution is -2.41. The minimum atomic E-state index is -0.597. The largest absolute Gasteiger partial charge is 0.503 e. The highest BCUT2D eigenvalue weighted by Gasteiger charge is 2.30. The number of pyridine rings is 1. The van der Waals surface area contributed by atoms with E-state index in [4.69, 9.17) is 16.3 Å². The number of carbonyl (C=O) groups is 1. The van der Waals surface area contributed by atoms with Crippen molar-refractivity contribution in [1.29, 1.82) is 0 Å². The molecule has 1 aliphatic rings. The van der Waals surface area contributed by atoms with Crippen molar-refractivity contribution >= 4 is 28.8 Å². The number of aromatic nitrogens is 2. The minimum absolute atomic E-state index is 0.00973. The van der Waals surface area contributed by atoms with Gasteiger partial charge in [0.1, 0.15) is 10.8 Å². The van der Waals surface area contributed by atoms with E-state index in [2.05, 4.69) is 4.98 Å². The van der Waals surface area contributed by atoms with Crippen LogP contribution in [0.3, 0.4) is 0 Å². The van der Waals surface area contributed by atoms with Crippen LogP contribution in [0.15, 0.2) is 40.8 Å². The summed E-state index contributed by atoms with van der Waals surface area (Å²) in [6.45, 7) is 1.15. The summed E-state index contributed by atoms with van der Waals surface area (Å²) < 4.78 is 6.96. The molecule has 0 saturated heterocycles. The van der Waals surface area contributed by atoms with Gasteiger partial charge in [0.25, 0.3) is 5.91 Å². The summed E-state index contributed by atoms with van der Waals surface area (Å²) >= 11 is 7.30. The van der Waals surface area contributed by atoms with Gasteiger partial charge in [-0.05, 0) is 12.1 Å². The van der Waals surface area contributed by atoms with Crippen molar-refractivity contribution in [2.45, 2.75) is 13.1 Å². The topological polar surface area (TPSA) is 84.7 Å². The fourth-order valence-corrected chi connectivity index (χ4v) is 4.05. The first-order valence-electron chi connectivity index (χ1n) is 8.47. The van der Waals surface area contributed by atoms with Gasteiger partial charge in [-0.1, -0.05) is 17.7 Å². The molecule has 144 valence electrons. The van der Waals surface area contributed by atoms with Crippen molar-refractivity contribution in [3.05, 3.63) is 62.5 Å². The number of hydrogen-bond acceptors (Lipinski definition) is 6. The van der Waals surface area contributed by atoms with E-state index in [9.17, 15) is 14.7 Å². The SMILES string of the molecule is COc1cc(Cl)ccc1CN1CCn2cc(-c3nccs3)c(=O)c(O)c2C1=O. The summed E-state index contributed by atoms with van der Waals surface area (Å²) in [4.78, 5) is 31.3. The second-order valence-corrected chi connectivity index (χ2v) is 7.61. The van der Waals surface area contributed by atoms with Crippen LogP contribution in [0.1, 0.15) is 16.1 Å². The number of hydrogen-bond donors (Lipinski definition) is 1. The Hall–Kier alpha value is -2.84. The molecular weight excluding hydrogens is 402 g/mol. The third-order valence-corrected chi connectivity index (χ3v) is 5.67. The lowest BCUT2D eigenvalue weighted by molar-refractivity contribution is 0.0682. The van der Waals surface area contributed by atoms with Crippen LogP contribution in [0.25, 0.3) is 10.6 Å². The number of benzene rings is 1. The summed E-state index contributed by atoms with van der Waals surface area (Å²) in [7, 11) is 1.54. The molecule has 0 aliphatic carbocycles. The molecule has 3 heterocycles. The molecule has 0 spiro atoms. The highest BCUT2D eigenvalue weighted by atomic mass is 35.5. The van der Waals surface area contributed by atoms with Gasteiger partial charge in [0, 0.05) is 48.0 Å². The van der Waals surface area contributed by atoms with Crippen LogP contribution in [-0.4, -0.2) is 39.1 Å². The standard InChI is InChI=1S/C19H16ClN3O4S/c1-27-14-8-12(20)3-2-11(14)9-23-6-5-22-10-13(18-21-4-7-28-18)16(24)17(25)15(22)19(23)26/h2-4,7-8,10,25H,5-6,9H2,1H3. The third kappa shape index (κ3) is 3.14. The molecule has 1 aromatic carbocycles. The summed E-state index contributed by atoms with van der Waals surface area (Å²) in [5.41, 5.74) is 0.469. The first-order valence-corrected chi connectivity index (χ1v) is 9.73. The third-order valence-electron chi connectivity index (χ3n) is 4.63. The Balaban J connectivity index is 1.69. The molecule has 0 atom stereocenters. The van der Waals surface area contributed by atoms with Crippen LogP contribution in [0, 0.1) is 0 Å². The van der Waals surface area contributed by atoms with Crippen molar-refractivity contribution in [3.63, 3.8) is 0 Å².